The Morgan fingerprint density at radius 2 is 1.70 bits per heavy atom. The molecule has 0 fully saturated rings. The van der Waals surface area contributed by atoms with Crippen LogP contribution in [0.4, 0.5) is 0 Å². The van der Waals surface area contributed by atoms with E-state index >= 15 is 0 Å². The Labute approximate surface area is 158 Å². The second kappa shape index (κ2) is 7.19. The van der Waals surface area contributed by atoms with E-state index in [1.807, 2.05) is 24.3 Å². The normalized spacial score (nSPS) is 15.6. The van der Waals surface area contributed by atoms with E-state index < -0.39 is 11.9 Å². The zero-order chi connectivity index (χ0) is 19.6. The molecule has 2 aromatic carbocycles. The van der Waals surface area contributed by atoms with Crippen molar-refractivity contribution in [3.05, 3.63) is 76.5 Å². The van der Waals surface area contributed by atoms with Gasteiger partial charge in [-0.25, -0.2) is 9.79 Å². The highest BCUT2D eigenvalue weighted by molar-refractivity contribution is 6.12. The summed E-state index contributed by atoms with van der Waals surface area (Å²) in [5.41, 5.74) is 3.65. The standard InChI is InChI=1S/C22H21NO4/c1-22(2,3)17-10-8-16(9-11-17)20-23-18(21(26)27-20)12-14-4-6-15(7-5-14)13-19(24)25/h4-12H,13H2,1-3H3,(H,24,25). The SMILES string of the molecule is CC(C)(C)c1ccc(C2=NC(=Cc3ccc(CC(=O)O)cc3)C(=O)O2)cc1. The number of ether oxygens (including phenoxy) is 1. The van der Waals surface area contributed by atoms with Crippen molar-refractivity contribution < 1.29 is 19.4 Å². The van der Waals surface area contributed by atoms with Crippen molar-refractivity contribution in [3.8, 4) is 0 Å². The van der Waals surface area contributed by atoms with E-state index in [-0.39, 0.29) is 23.4 Å². The molecule has 0 amide bonds. The average molecular weight is 363 g/mol. The van der Waals surface area contributed by atoms with E-state index in [0.29, 0.717) is 5.56 Å². The van der Waals surface area contributed by atoms with Crippen LogP contribution >= 0.6 is 0 Å². The second-order valence-corrected chi connectivity index (χ2v) is 7.48. The molecule has 2 aromatic rings. The summed E-state index contributed by atoms with van der Waals surface area (Å²) in [5, 5.41) is 8.81. The van der Waals surface area contributed by atoms with Crippen LogP contribution < -0.4 is 0 Å². The molecule has 5 heteroatoms. The summed E-state index contributed by atoms with van der Waals surface area (Å²) in [6.07, 6.45) is 1.59. The van der Waals surface area contributed by atoms with Crippen LogP contribution in [-0.2, 0) is 26.2 Å². The number of carbonyl (C=O) groups excluding carboxylic acids is 1. The van der Waals surface area contributed by atoms with Gasteiger partial charge in [-0.2, -0.15) is 0 Å². The zero-order valence-corrected chi connectivity index (χ0v) is 15.5. The monoisotopic (exact) mass is 363 g/mol. The minimum absolute atomic E-state index is 0.0360. The van der Waals surface area contributed by atoms with Crippen molar-refractivity contribution in [3.63, 3.8) is 0 Å². The maximum atomic E-state index is 12.1. The van der Waals surface area contributed by atoms with Gasteiger partial charge in [-0.1, -0.05) is 57.2 Å². The summed E-state index contributed by atoms with van der Waals surface area (Å²) in [5.74, 6) is -1.10. The highest BCUT2D eigenvalue weighted by Gasteiger charge is 2.24. The molecule has 1 heterocycles. The maximum Gasteiger partial charge on any atom is 0.363 e. The molecule has 1 N–H and O–H groups in total. The highest BCUT2D eigenvalue weighted by Crippen LogP contribution is 2.24. The van der Waals surface area contributed by atoms with Gasteiger partial charge in [-0.15, -0.1) is 0 Å². The first-order chi connectivity index (χ1) is 12.7. The van der Waals surface area contributed by atoms with Gasteiger partial charge in [0, 0.05) is 5.56 Å². The fourth-order valence-corrected chi connectivity index (χ4v) is 2.71. The molecule has 0 aliphatic carbocycles. The number of esters is 1. The number of carboxylic acids is 1. The van der Waals surface area contributed by atoms with Crippen molar-refractivity contribution in [2.24, 2.45) is 4.99 Å². The second-order valence-electron chi connectivity index (χ2n) is 7.48. The zero-order valence-electron chi connectivity index (χ0n) is 15.5. The number of carbonyl (C=O) groups is 2. The van der Waals surface area contributed by atoms with Crippen molar-refractivity contribution in [2.45, 2.75) is 32.6 Å². The smallest absolute Gasteiger partial charge is 0.363 e. The van der Waals surface area contributed by atoms with Gasteiger partial charge in [0.15, 0.2) is 5.70 Å². The Bertz CT molecular complexity index is 930. The molecule has 1 aliphatic rings. The van der Waals surface area contributed by atoms with Gasteiger partial charge in [0.1, 0.15) is 0 Å². The first-order valence-electron chi connectivity index (χ1n) is 8.66. The third kappa shape index (κ3) is 4.50. The molecule has 0 radical (unpaired) electrons. The summed E-state index contributed by atoms with van der Waals surface area (Å²) in [7, 11) is 0. The van der Waals surface area contributed by atoms with E-state index in [1.54, 1.807) is 30.3 Å². The molecule has 0 unspecified atom stereocenters. The van der Waals surface area contributed by atoms with Crippen LogP contribution in [0, 0.1) is 0 Å². The number of aliphatic carboxylic acids is 1. The summed E-state index contributed by atoms with van der Waals surface area (Å²) in [6, 6.07) is 14.8. The summed E-state index contributed by atoms with van der Waals surface area (Å²) < 4.78 is 5.30. The predicted molar refractivity (Wildman–Crippen MR) is 104 cm³/mol. The molecular formula is C22H21NO4. The van der Waals surface area contributed by atoms with Crippen LogP contribution in [0.1, 0.15) is 43.0 Å². The van der Waals surface area contributed by atoms with E-state index in [0.717, 1.165) is 11.1 Å². The minimum atomic E-state index is -0.882. The Balaban J connectivity index is 1.81. The number of rotatable bonds is 4. The fraction of sp³-hybridized carbons (Fsp3) is 0.227. The lowest BCUT2D eigenvalue weighted by Crippen LogP contribution is -2.11. The molecule has 1 aliphatic heterocycles. The Kier molecular flexibility index (Phi) is 4.95. The van der Waals surface area contributed by atoms with Gasteiger partial charge in [0.05, 0.1) is 6.42 Å². The van der Waals surface area contributed by atoms with E-state index in [4.69, 9.17) is 9.84 Å². The van der Waals surface area contributed by atoms with E-state index in [1.165, 1.54) is 5.56 Å². The van der Waals surface area contributed by atoms with Gasteiger partial charge in [-0.05, 0) is 40.3 Å². The molecular weight excluding hydrogens is 342 g/mol. The quantitative estimate of drug-likeness (QED) is 0.659. The molecule has 0 spiro atoms. The minimum Gasteiger partial charge on any atom is -0.481 e. The van der Waals surface area contributed by atoms with Crippen LogP contribution in [0.25, 0.3) is 6.08 Å². The topological polar surface area (TPSA) is 76.0 Å². The van der Waals surface area contributed by atoms with E-state index in [9.17, 15) is 9.59 Å². The average Bonchev–Trinajstić information content (AvgIpc) is 2.96. The number of hydrogen-bond donors (Lipinski definition) is 1. The number of carboxylic acid groups (broad SMARTS) is 1. The molecule has 0 saturated heterocycles. The third-order valence-corrected chi connectivity index (χ3v) is 4.26. The van der Waals surface area contributed by atoms with Gasteiger partial charge >= 0.3 is 11.9 Å². The van der Waals surface area contributed by atoms with Crippen molar-refractivity contribution in [1.29, 1.82) is 0 Å². The highest BCUT2D eigenvalue weighted by atomic mass is 16.6. The van der Waals surface area contributed by atoms with E-state index in [2.05, 4.69) is 25.8 Å². The summed E-state index contributed by atoms with van der Waals surface area (Å²) >= 11 is 0. The number of hydrogen-bond acceptors (Lipinski definition) is 4. The summed E-state index contributed by atoms with van der Waals surface area (Å²) in [6.45, 7) is 6.41. The molecule has 138 valence electrons. The molecule has 3 rings (SSSR count). The van der Waals surface area contributed by atoms with Gasteiger partial charge in [-0.3, -0.25) is 4.79 Å². The number of cyclic esters (lactones) is 1. The van der Waals surface area contributed by atoms with Gasteiger partial charge < -0.3 is 9.84 Å². The number of aliphatic imine (C=N–C) groups is 1. The van der Waals surface area contributed by atoms with Gasteiger partial charge in [0.2, 0.25) is 5.90 Å². The number of benzene rings is 2. The van der Waals surface area contributed by atoms with Crippen LogP contribution in [0.3, 0.4) is 0 Å². The Morgan fingerprint density at radius 3 is 2.26 bits per heavy atom. The Hall–Kier alpha value is -3.21. The van der Waals surface area contributed by atoms with Crippen LogP contribution in [-0.4, -0.2) is 22.9 Å². The Morgan fingerprint density at radius 1 is 1.07 bits per heavy atom. The molecule has 5 nitrogen and oxygen atoms in total. The molecule has 27 heavy (non-hydrogen) atoms. The van der Waals surface area contributed by atoms with Crippen LogP contribution in [0.2, 0.25) is 0 Å². The molecule has 0 bridgehead atoms. The summed E-state index contributed by atoms with van der Waals surface area (Å²) in [4.78, 5) is 27.2. The first kappa shape index (κ1) is 18.6. The maximum absolute atomic E-state index is 12.1. The predicted octanol–water partition coefficient (Wildman–Crippen LogP) is 3.96. The van der Waals surface area contributed by atoms with Crippen molar-refractivity contribution >= 4 is 23.9 Å². The van der Waals surface area contributed by atoms with Crippen molar-refractivity contribution in [1.82, 2.24) is 0 Å². The lowest BCUT2D eigenvalue weighted by atomic mass is 9.87. The van der Waals surface area contributed by atoms with Crippen LogP contribution in [0.5, 0.6) is 0 Å². The fourth-order valence-electron chi connectivity index (χ4n) is 2.71. The first-order valence-corrected chi connectivity index (χ1v) is 8.66. The van der Waals surface area contributed by atoms with Crippen LogP contribution in [0.15, 0.2) is 59.2 Å². The number of nitrogens with zero attached hydrogens (tertiary/aromatic N) is 1. The largest absolute Gasteiger partial charge is 0.481 e. The third-order valence-electron chi connectivity index (χ3n) is 4.26. The molecule has 0 saturated carbocycles. The molecule has 0 atom stereocenters. The van der Waals surface area contributed by atoms with Gasteiger partial charge in [0.25, 0.3) is 0 Å². The lowest BCUT2D eigenvalue weighted by molar-refractivity contribution is -0.136. The molecule has 0 aromatic heterocycles. The lowest BCUT2D eigenvalue weighted by Gasteiger charge is -2.18. The van der Waals surface area contributed by atoms with Crippen molar-refractivity contribution in [2.75, 3.05) is 0 Å².